The molecule has 13 heavy (non-hydrogen) atoms. The summed E-state index contributed by atoms with van der Waals surface area (Å²) >= 11 is 7.08. The Morgan fingerprint density at radius 2 is 2.15 bits per heavy atom. The van der Waals surface area contributed by atoms with Crippen LogP contribution in [0.1, 0.15) is 12.8 Å². The second kappa shape index (κ2) is 5.90. The predicted molar refractivity (Wildman–Crippen MR) is 51.3 cm³/mol. The van der Waals surface area contributed by atoms with Gasteiger partial charge in [0.05, 0.1) is 0 Å². The van der Waals surface area contributed by atoms with Crippen molar-refractivity contribution in [3.63, 3.8) is 0 Å². The number of carbonyl (C=O) groups excluding carboxylic acids is 1. The van der Waals surface area contributed by atoms with Gasteiger partial charge < -0.3 is 0 Å². The molecule has 0 unspecified atom stereocenters. The Labute approximate surface area is 88.9 Å². The molecule has 0 fully saturated rings. The summed E-state index contributed by atoms with van der Waals surface area (Å²) in [5.41, 5.74) is 4.87. The zero-order chi connectivity index (χ0) is 10.4. The Morgan fingerprint density at radius 3 is 2.46 bits per heavy atom. The number of amides is 1. The molecule has 7 heteroatoms. The molecule has 0 aliphatic rings. The minimum atomic E-state index is -1.06. The van der Waals surface area contributed by atoms with E-state index in [1.807, 2.05) is 0 Å². The molecule has 5 nitrogen and oxygen atoms in total. The molecule has 0 aromatic carbocycles. The van der Waals surface area contributed by atoms with Crippen LogP contribution in [-0.2, 0) is 9.59 Å². The van der Waals surface area contributed by atoms with E-state index in [9.17, 15) is 9.59 Å². The van der Waals surface area contributed by atoms with Crippen LogP contribution in [0, 0.1) is 0 Å². The van der Waals surface area contributed by atoms with Crippen LogP contribution in [0.4, 0.5) is 0 Å². The Hall–Kier alpha value is -0.651. The third kappa shape index (κ3) is 6.51. The van der Waals surface area contributed by atoms with Gasteiger partial charge in [0.1, 0.15) is 0 Å². The number of hydrogen-bond donors (Lipinski definition) is 3. The molecule has 0 radical (unpaired) electrons. The Balaban J connectivity index is 4.02. The van der Waals surface area contributed by atoms with Crippen molar-refractivity contribution >= 4 is 44.0 Å². The molecular weight excluding hydrogens is 259 g/mol. The number of primary amides is 1. The molecule has 0 aromatic heterocycles. The number of rotatable bonds is 5. The molecule has 74 valence electrons. The standard InChI is InChI=1S/C6H10N2O3SSe/c7-4(9)2-1-3(5(10)11)8-6(12)13/h3H,1-2H2,(H2,7,9)(H,10,11)(H2,8,12,13)/p-1/t3-/m0/s1. The summed E-state index contributed by atoms with van der Waals surface area (Å²) in [6.07, 6.45) is 0.152. The average Bonchev–Trinajstić information content (AvgIpc) is 1.96. The zero-order valence-corrected chi connectivity index (χ0v) is 9.18. The molecule has 0 aromatic rings. The molecular formula is C6H9N2O3SSe-. The fraction of sp³-hybridized carbons (Fsp3) is 0.500. The van der Waals surface area contributed by atoms with E-state index < -0.39 is 17.9 Å². The first-order valence-corrected chi connectivity index (χ1v) is 4.68. The van der Waals surface area contributed by atoms with Gasteiger partial charge in [-0.1, -0.05) is 0 Å². The number of hydrogen-bond acceptors (Lipinski definition) is 3. The Bertz CT molecular complexity index is 234. The molecule has 0 saturated heterocycles. The molecule has 0 aliphatic heterocycles. The summed E-state index contributed by atoms with van der Waals surface area (Å²) in [4.78, 5) is 20.9. The van der Waals surface area contributed by atoms with Gasteiger partial charge in [-0.3, -0.25) is 0 Å². The van der Waals surface area contributed by atoms with Crippen molar-refractivity contribution in [2.24, 2.45) is 5.73 Å². The second-order valence-corrected chi connectivity index (χ2v) is 4.18. The van der Waals surface area contributed by atoms with E-state index in [0.717, 1.165) is 0 Å². The van der Waals surface area contributed by atoms with Gasteiger partial charge in [0.15, 0.2) is 0 Å². The van der Waals surface area contributed by atoms with Crippen LogP contribution in [0.3, 0.4) is 0 Å². The molecule has 0 heterocycles. The van der Waals surface area contributed by atoms with E-state index in [1.54, 1.807) is 0 Å². The van der Waals surface area contributed by atoms with Gasteiger partial charge in [0.2, 0.25) is 0 Å². The predicted octanol–water partition coefficient (Wildman–Crippen LogP) is -1.25. The van der Waals surface area contributed by atoms with Gasteiger partial charge >= 0.3 is 88.6 Å². The molecule has 0 aliphatic carbocycles. The van der Waals surface area contributed by atoms with Crippen molar-refractivity contribution in [1.29, 1.82) is 0 Å². The Kier molecular flexibility index (Phi) is 5.61. The number of aliphatic carboxylic acids is 1. The quantitative estimate of drug-likeness (QED) is 0.428. The number of carbonyl (C=O) groups is 2. The summed E-state index contributed by atoms with van der Waals surface area (Å²) in [7, 11) is 0. The summed E-state index contributed by atoms with van der Waals surface area (Å²) in [6, 6.07) is -0.860. The van der Waals surface area contributed by atoms with E-state index in [0.29, 0.717) is 0 Å². The van der Waals surface area contributed by atoms with Crippen LogP contribution in [0.25, 0.3) is 0 Å². The van der Waals surface area contributed by atoms with Crippen LogP contribution in [-0.4, -0.2) is 42.9 Å². The van der Waals surface area contributed by atoms with E-state index in [1.165, 1.54) is 0 Å². The van der Waals surface area contributed by atoms with Crippen molar-refractivity contribution in [3.05, 3.63) is 0 Å². The van der Waals surface area contributed by atoms with Crippen molar-refractivity contribution < 1.29 is 14.7 Å². The van der Waals surface area contributed by atoms with Crippen molar-refractivity contribution in [1.82, 2.24) is 5.32 Å². The fourth-order valence-corrected chi connectivity index (χ4v) is 1.13. The summed E-state index contributed by atoms with van der Waals surface area (Å²) < 4.78 is 0.261. The molecule has 0 saturated carbocycles. The Morgan fingerprint density at radius 1 is 1.62 bits per heavy atom. The van der Waals surface area contributed by atoms with Gasteiger partial charge in [-0.05, 0) is 0 Å². The third-order valence-corrected chi connectivity index (χ3v) is 1.63. The van der Waals surface area contributed by atoms with E-state index >= 15 is 0 Å². The van der Waals surface area contributed by atoms with Crippen LogP contribution < -0.4 is 11.1 Å². The first kappa shape index (κ1) is 12.3. The average molecular weight is 268 g/mol. The number of nitrogens with one attached hydrogen (secondary N) is 1. The number of nitrogens with two attached hydrogens (primary N) is 1. The van der Waals surface area contributed by atoms with Gasteiger partial charge in [-0.15, -0.1) is 0 Å². The van der Waals surface area contributed by atoms with Crippen molar-refractivity contribution in [3.8, 4) is 0 Å². The summed E-state index contributed by atoms with van der Waals surface area (Å²) in [5.74, 6) is -1.59. The topological polar surface area (TPSA) is 92.4 Å². The normalized spacial score (nSPS) is 11.7. The van der Waals surface area contributed by atoms with Gasteiger partial charge in [-0.25, -0.2) is 0 Å². The molecule has 0 rings (SSSR count). The van der Waals surface area contributed by atoms with Crippen molar-refractivity contribution in [2.45, 2.75) is 18.9 Å². The fourth-order valence-electron chi connectivity index (χ4n) is 0.686. The number of thiocarbonyl (C=S) groups is 1. The third-order valence-electron chi connectivity index (χ3n) is 1.27. The maximum absolute atomic E-state index is 10.6. The summed E-state index contributed by atoms with van der Waals surface area (Å²) in [6.45, 7) is 0. The van der Waals surface area contributed by atoms with Gasteiger partial charge in [0.25, 0.3) is 0 Å². The van der Waals surface area contributed by atoms with Crippen LogP contribution in [0.15, 0.2) is 0 Å². The zero-order valence-electron chi connectivity index (χ0n) is 6.65. The summed E-state index contributed by atoms with van der Waals surface area (Å²) in [5, 5.41) is 11.2. The van der Waals surface area contributed by atoms with E-state index in [4.69, 9.17) is 10.8 Å². The van der Waals surface area contributed by atoms with E-state index in [-0.39, 0.29) is 16.7 Å². The number of carboxylic acids is 1. The molecule has 0 spiro atoms. The molecule has 4 N–H and O–H groups in total. The first-order chi connectivity index (χ1) is 5.93. The van der Waals surface area contributed by atoms with Crippen LogP contribution >= 0.6 is 12.2 Å². The monoisotopic (exact) mass is 269 g/mol. The molecule has 1 atom stereocenters. The van der Waals surface area contributed by atoms with E-state index in [2.05, 4.69) is 33.5 Å². The van der Waals surface area contributed by atoms with Gasteiger partial charge in [0, 0.05) is 0 Å². The van der Waals surface area contributed by atoms with Crippen molar-refractivity contribution in [2.75, 3.05) is 0 Å². The van der Waals surface area contributed by atoms with Crippen LogP contribution in [0.5, 0.6) is 0 Å². The maximum atomic E-state index is 10.6. The second-order valence-electron chi connectivity index (χ2n) is 2.33. The molecule has 0 bridgehead atoms. The molecule has 1 amide bonds. The number of carboxylic acid groups (broad SMARTS) is 1. The SMILES string of the molecule is NC(=O)CC[C@H](NC(=S)[Se-])C(=O)O. The minimum absolute atomic E-state index is 0.0204. The van der Waals surface area contributed by atoms with Gasteiger partial charge in [-0.2, -0.15) is 0 Å². The first-order valence-electron chi connectivity index (χ1n) is 3.42. The van der Waals surface area contributed by atoms with Crippen LogP contribution in [0.2, 0.25) is 0 Å².